The first-order valence-corrected chi connectivity index (χ1v) is 7.63. The highest BCUT2D eigenvalue weighted by molar-refractivity contribution is 7.71. The van der Waals surface area contributed by atoms with Gasteiger partial charge in [0.1, 0.15) is 0 Å². The molecular formula is C12H19N5S2. The molecule has 1 N–H and O–H groups in total. The van der Waals surface area contributed by atoms with Crippen LogP contribution in [0, 0.1) is 4.77 Å². The lowest BCUT2D eigenvalue weighted by Gasteiger charge is -2.05. The molecule has 0 aliphatic rings. The second-order valence-electron chi connectivity index (χ2n) is 4.51. The molecule has 2 heterocycles. The van der Waals surface area contributed by atoms with Gasteiger partial charge >= 0.3 is 0 Å². The lowest BCUT2D eigenvalue weighted by atomic mass is 10.2. The molecule has 0 unspecified atom stereocenters. The highest BCUT2D eigenvalue weighted by atomic mass is 32.1. The lowest BCUT2D eigenvalue weighted by Crippen LogP contribution is -2.07. The monoisotopic (exact) mass is 297 g/mol. The Hall–Kier alpha value is -1.21. The van der Waals surface area contributed by atoms with Crippen LogP contribution in [0.3, 0.4) is 0 Å². The normalized spacial score (nSPS) is 10.9. The van der Waals surface area contributed by atoms with Crippen LogP contribution in [0.25, 0.3) is 10.7 Å². The standard InChI is InChI=1S/C12H19N5S2/c1-5-7-8-9(19-12(13-8)16(3)4)10-14-15-11(18)17(10)6-2/h5-7H2,1-4H3,(H,15,18). The third-order valence-electron chi connectivity index (χ3n) is 2.83. The third kappa shape index (κ3) is 2.71. The van der Waals surface area contributed by atoms with Crippen molar-refractivity contribution in [1.82, 2.24) is 19.7 Å². The van der Waals surface area contributed by atoms with E-state index in [1.807, 2.05) is 23.6 Å². The highest BCUT2D eigenvalue weighted by Crippen LogP contribution is 2.33. The fraction of sp³-hybridized carbons (Fsp3) is 0.583. The summed E-state index contributed by atoms with van der Waals surface area (Å²) in [6, 6.07) is 0. The fourth-order valence-corrected chi connectivity index (χ4v) is 3.19. The quantitative estimate of drug-likeness (QED) is 0.862. The van der Waals surface area contributed by atoms with Gasteiger partial charge in [0.25, 0.3) is 0 Å². The molecule has 0 fully saturated rings. The average molecular weight is 297 g/mol. The van der Waals surface area contributed by atoms with Crippen LogP contribution in [0.1, 0.15) is 26.0 Å². The number of aromatic amines is 1. The number of hydrogen-bond donors (Lipinski definition) is 1. The van der Waals surface area contributed by atoms with Crippen molar-refractivity contribution < 1.29 is 0 Å². The van der Waals surface area contributed by atoms with Crippen molar-refractivity contribution in [2.75, 3.05) is 19.0 Å². The summed E-state index contributed by atoms with van der Waals surface area (Å²) >= 11 is 6.93. The molecule has 2 rings (SSSR count). The number of H-pyrrole nitrogens is 1. The Morgan fingerprint density at radius 3 is 2.68 bits per heavy atom. The number of hydrogen-bond acceptors (Lipinski definition) is 5. The van der Waals surface area contributed by atoms with Crippen LogP contribution in [0.15, 0.2) is 0 Å². The van der Waals surface area contributed by atoms with E-state index in [4.69, 9.17) is 17.2 Å². The van der Waals surface area contributed by atoms with Crippen LogP contribution in [-0.4, -0.2) is 33.8 Å². The molecule has 0 bridgehead atoms. The van der Waals surface area contributed by atoms with Gasteiger partial charge in [0, 0.05) is 20.6 Å². The summed E-state index contributed by atoms with van der Waals surface area (Å²) in [4.78, 5) is 7.86. The Morgan fingerprint density at radius 2 is 2.11 bits per heavy atom. The van der Waals surface area contributed by atoms with Gasteiger partial charge in [0.05, 0.1) is 10.6 Å². The zero-order valence-corrected chi connectivity index (χ0v) is 13.4. The van der Waals surface area contributed by atoms with E-state index < -0.39 is 0 Å². The summed E-state index contributed by atoms with van der Waals surface area (Å²) in [5.41, 5.74) is 1.11. The summed E-state index contributed by atoms with van der Waals surface area (Å²) in [6.07, 6.45) is 2.03. The predicted molar refractivity (Wildman–Crippen MR) is 82.5 cm³/mol. The van der Waals surface area contributed by atoms with Crippen molar-refractivity contribution in [3.63, 3.8) is 0 Å². The largest absolute Gasteiger partial charge is 0.354 e. The summed E-state index contributed by atoms with van der Waals surface area (Å²) < 4.78 is 2.68. The molecule has 0 aromatic carbocycles. The van der Waals surface area contributed by atoms with Gasteiger partial charge in [-0.2, -0.15) is 5.10 Å². The third-order valence-corrected chi connectivity index (χ3v) is 4.41. The van der Waals surface area contributed by atoms with Crippen LogP contribution in [0.4, 0.5) is 5.13 Å². The summed E-state index contributed by atoms with van der Waals surface area (Å²) in [6.45, 7) is 5.04. The molecule has 2 aromatic heterocycles. The second-order valence-corrected chi connectivity index (χ2v) is 5.88. The molecule has 5 nitrogen and oxygen atoms in total. The first kappa shape index (κ1) is 14.2. The van der Waals surface area contributed by atoms with Crippen molar-refractivity contribution in [1.29, 1.82) is 0 Å². The number of aryl methyl sites for hydroxylation is 1. The molecule has 19 heavy (non-hydrogen) atoms. The van der Waals surface area contributed by atoms with Crippen LogP contribution >= 0.6 is 23.6 Å². The average Bonchev–Trinajstić information content (AvgIpc) is 2.93. The second kappa shape index (κ2) is 5.83. The minimum atomic E-state index is 0.666. The number of thiazole rings is 1. The van der Waals surface area contributed by atoms with E-state index >= 15 is 0 Å². The molecule has 0 aliphatic carbocycles. The Morgan fingerprint density at radius 1 is 1.37 bits per heavy atom. The molecule has 2 aromatic rings. The summed E-state index contributed by atoms with van der Waals surface area (Å²) in [5.74, 6) is 0.904. The lowest BCUT2D eigenvalue weighted by molar-refractivity contribution is 0.755. The van der Waals surface area contributed by atoms with E-state index in [2.05, 4.69) is 24.0 Å². The molecule has 104 valence electrons. The van der Waals surface area contributed by atoms with Gasteiger partial charge in [-0.15, -0.1) is 0 Å². The maximum absolute atomic E-state index is 5.26. The fourth-order valence-electron chi connectivity index (χ4n) is 1.90. The molecular weight excluding hydrogens is 278 g/mol. The smallest absolute Gasteiger partial charge is 0.195 e. The van der Waals surface area contributed by atoms with E-state index in [0.29, 0.717) is 4.77 Å². The van der Waals surface area contributed by atoms with Crippen molar-refractivity contribution >= 4 is 28.7 Å². The van der Waals surface area contributed by atoms with Crippen LogP contribution in [-0.2, 0) is 13.0 Å². The van der Waals surface area contributed by atoms with E-state index in [0.717, 1.165) is 40.9 Å². The molecule has 0 saturated carbocycles. The van der Waals surface area contributed by atoms with E-state index in [9.17, 15) is 0 Å². The summed E-state index contributed by atoms with van der Waals surface area (Å²) in [5, 5.41) is 8.25. The van der Waals surface area contributed by atoms with Crippen molar-refractivity contribution in [2.45, 2.75) is 33.2 Å². The van der Waals surface area contributed by atoms with Gasteiger partial charge in [-0.05, 0) is 25.6 Å². The SMILES string of the molecule is CCCc1nc(N(C)C)sc1-c1n[nH]c(=S)n1CC. The van der Waals surface area contributed by atoms with E-state index in [-0.39, 0.29) is 0 Å². The maximum atomic E-state index is 5.26. The molecule has 0 amide bonds. The van der Waals surface area contributed by atoms with E-state index in [1.54, 1.807) is 11.3 Å². The van der Waals surface area contributed by atoms with Gasteiger partial charge in [-0.1, -0.05) is 24.7 Å². The summed E-state index contributed by atoms with van der Waals surface area (Å²) in [7, 11) is 4.02. The minimum Gasteiger partial charge on any atom is -0.354 e. The first-order chi connectivity index (χ1) is 9.08. The van der Waals surface area contributed by atoms with Crippen molar-refractivity contribution in [2.24, 2.45) is 0 Å². The predicted octanol–water partition coefficient (Wildman–Crippen LogP) is 3.10. The van der Waals surface area contributed by atoms with Crippen LogP contribution < -0.4 is 4.90 Å². The van der Waals surface area contributed by atoms with E-state index in [1.165, 1.54) is 0 Å². The molecule has 0 aliphatic heterocycles. The van der Waals surface area contributed by atoms with Gasteiger partial charge < -0.3 is 4.90 Å². The van der Waals surface area contributed by atoms with Gasteiger partial charge in [-0.3, -0.25) is 9.67 Å². The zero-order chi connectivity index (χ0) is 14.0. The molecule has 7 heteroatoms. The Balaban J connectivity index is 2.56. The zero-order valence-electron chi connectivity index (χ0n) is 11.7. The van der Waals surface area contributed by atoms with Crippen LogP contribution in [0.5, 0.6) is 0 Å². The minimum absolute atomic E-state index is 0.666. The number of nitrogens with one attached hydrogen (secondary N) is 1. The molecule has 0 spiro atoms. The van der Waals surface area contributed by atoms with Crippen LogP contribution in [0.2, 0.25) is 0 Å². The molecule has 0 radical (unpaired) electrons. The number of anilines is 1. The molecule has 0 saturated heterocycles. The van der Waals surface area contributed by atoms with Gasteiger partial charge in [0.15, 0.2) is 15.7 Å². The number of rotatable bonds is 5. The highest BCUT2D eigenvalue weighted by Gasteiger charge is 2.18. The van der Waals surface area contributed by atoms with Gasteiger partial charge in [-0.25, -0.2) is 4.98 Å². The molecule has 0 atom stereocenters. The Bertz CT molecular complexity index is 608. The topological polar surface area (TPSA) is 49.7 Å². The number of nitrogens with zero attached hydrogens (tertiary/aromatic N) is 4. The van der Waals surface area contributed by atoms with Crippen molar-refractivity contribution in [3.8, 4) is 10.7 Å². The Labute approximate surface area is 122 Å². The Kier molecular flexibility index (Phi) is 4.36. The maximum Gasteiger partial charge on any atom is 0.195 e. The first-order valence-electron chi connectivity index (χ1n) is 6.41. The number of aromatic nitrogens is 4. The van der Waals surface area contributed by atoms with Gasteiger partial charge in [0.2, 0.25) is 0 Å². The van der Waals surface area contributed by atoms with Crippen molar-refractivity contribution in [3.05, 3.63) is 10.5 Å².